The molecule has 2 N–H and O–H groups in total. The number of nitrogens with one attached hydrogen (secondary N) is 1. The van der Waals surface area contributed by atoms with Gasteiger partial charge in [0, 0.05) is 6.42 Å². The Balaban J connectivity index is 3.93. The summed E-state index contributed by atoms with van der Waals surface area (Å²) in [6.07, 6.45) is 92.2. The number of allylic oxidation sites excluding steroid dienone is 8. The van der Waals surface area contributed by atoms with Crippen LogP contribution in [-0.2, 0) is 18.4 Å². The zero-order chi connectivity index (χ0) is 62.6. The first-order valence-electron chi connectivity index (χ1n) is 38.0. The Hall–Kier alpha value is -1.54. The zero-order valence-electron chi connectivity index (χ0n) is 58.3. The molecular weight excluding hydrogens is 1080 g/mol. The van der Waals surface area contributed by atoms with Crippen LogP contribution in [0.15, 0.2) is 48.6 Å². The van der Waals surface area contributed by atoms with Gasteiger partial charge in [-0.25, -0.2) is 0 Å². The predicted octanol–water partition coefficient (Wildman–Crippen LogP) is 23.9. The molecule has 3 unspecified atom stereocenters. The van der Waals surface area contributed by atoms with Crippen LogP contribution in [0.3, 0.4) is 0 Å². The van der Waals surface area contributed by atoms with E-state index >= 15 is 0 Å². The summed E-state index contributed by atoms with van der Waals surface area (Å²) < 4.78 is 23.6. The number of unbranched alkanes of at least 4 members (excludes halogenated alkanes) is 50. The summed E-state index contributed by atoms with van der Waals surface area (Å²) in [5.41, 5.74) is 0. The van der Waals surface area contributed by atoms with Crippen LogP contribution in [0.4, 0.5) is 0 Å². The topological polar surface area (TPSA) is 108 Å². The van der Waals surface area contributed by atoms with Crippen molar-refractivity contribution in [1.82, 2.24) is 5.32 Å². The molecule has 0 saturated carbocycles. The van der Waals surface area contributed by atoms with Gasteiger partial charge in [-0.3, -0.25) is 9.36 Å². The molecule has 0 aromatic rings. The number of phosphoric acid groups is 1. The number of hydrogen-bond acceptors (Lipinski definition) is 6. The van der Waals surface area contributed by atoms with E-state index in [-0.39, 0.29) is 19.1 Å². The maximum atomic E-state index is 13.1. The highest BCUT2D eigenvalue weighted by Crippen LogP contribution is 2.38. The number of carbonyl (C=O) groups excluding carboxylic acids is 1. The minimum absolute atomic E-state index is 0.0145. The second kappa shape index (κ2) is 67.8. The van der Waals surface area contributed by atoms with Gasteiger partial charge >= 0.3 is 0 Å². The Labute approximate surface area is 537 Å². The summed E-state index contributed by atoms with van der Waals surface area (Å²) in [5, 5.41) is 14.1. The second-order valence-corrected chi connectivity index (χ2v) is 28.7. The van der Waals surface area contributed by atoms with Crippen LogP contribution in [0, 0.1) is 0 Å². The molecule has 0 rings (SSSR count). The van der Waals surface area contributed by atoms with Gasteiger partial charge in [0.1, 0.15) is 13.2 Å². The van der Waals surface area contributed by atoms with E-state index in [0.717, 1.165) is 64.2 Å². The third kappa shape index (κ3) is 69.9. The number of aliphatic hydroxyl groups is 1. The summed E-state index contributed by atoms with van der Waals surface area (Å²) in [5.74, 6) is -0.156. The first kappa shape index (κ1) is 84.5. The number of quaternary nitrogens is 1. The fourth-order valence-corrected chi connectivity index (χ4v) is 12.5. The number of carbonyl (C=O) groups is 1. The highest BCUT2D eigenvalue weighted by Gasteiger charge is 2.24. The Bertz CT molecular complexity index is 1540. The molecule has 0 aliphatic rings. The summed E-state index contributed by atoms with van der Waals surface area (Å²) in [6.45, 7) is 4.67. The Morgan fingerprint density at radius 3 is 1.03 bits per heavy atom. The summed E-state index contributed by atoms with van der Waals surface area (Å²) in [6, 6.07) is -0.801. The van der Waals surface area contributed by atoms with E-state index in [4.69, 9.17) is 9.05 Å². The molecule has 3 atom stereocenters. The number of nitrogens with zero attached hydrogens (tertiary/aromatic N) is 1. The fraction of sp³-hybridized carbons (Fsp3) is 0.883. The van der Waals surface area contributed by atoms with Crippen molar-refractivity contribution in [3.8, 4) is 0 Å². The van der Waals surface area contributed by atoms with E-state index < -0.39 is 20.0 Å². The molecule has 0 aromatic carbocycles. The van der Waals surface area contributed by atoms with Crippen LogP contribution in [0.5, 0.6) is 0 Å². The normalized spacial score (nSPS) is 13.8. The molecule has 9 heteroatoms. The van der Waals surface area contributed by atoms with Crippen molar-refractivity contribution in [2.75, 3.05) is 40.9 Å². The predicted molar refractivity (Wildman–Crippen MR) is 376 cm³/mol. The van der Waals surface area contributed by atoms with Gasteiger partial charge in [0.25, 0.3) is 7.82 Å². The monoisotopic (exact) mass is 1230 g/mol. The van der Waals surface area contributed by atoms with Crippen LogP contribution in [0.1, 0.15) is 386 Å². The van der Waals surface area contributed by atoms with Crippen LogP contribution in [0.2, 0.25) is 0 Å². The molecule has 0 aliphatic carbocycles. The quantitative estimate of drug-likeness (QED) is 0.0272. The molecule has 0 fully saturated rings. The molecular formula is C77H149N2O6P. The zero-order valence-corrected chi connectivity index (χ0v) is 59.2. The average molecular weight is 1230 g/mol. The summed E-state index contributed by atoms with van der Waals surface area (Å²) in [7, 11) is 1.33. The van der Waals surface area contributed by atoms with Crippen molar-refractivity contribution in [3.63, 3.8) is 0 Å². The minimum atomic E-state index is -4.58. The van der Waals surface area contributed by atoms with E-state index in [1.165, 1.54) is 295 Å². The van der Waals surface area contributed by atoms with Gasteiger partial charge in [0.15, 0.2) is 0 Å². The number of likely N-dealkylation sites (N-methyl/N-ethyl adjacent to an activating group) is 1. The Kier molecular flexibility index (Phi) is 66.6. The molecule has 0 bridgehead atoms. The average Bonchev–Trinajstić information content (AvgIpc) is 3.70. The van der Waals surface area contributed by atoms with Gasteiger partial charge in [-0.15, -0.1) is 0 Å². The lowest BCUT2D eigenvalue weighted by atomic mass is 10.0. The van der Waals surface area contributed by atoms with Gasteiger partial charge in [0.05, 0.1) is 39.9 Å². The van der Waals surface area contributed by atoms with Gasteiger partial charge in [-0.05, 0) is 51.4 Å². The largest absolute Gasteiger partial charge is 0.756 e. The van der Waals surface area contributed by atoms with E-state index in [1.54, 1.807) is 0 Å². The van der Waals surface area contributed by atoms with Crippen molar-refractivity contribution in [3.05, 3.63) is 48.6 Å². The molecule has 1 amide bonds. The minimum Gasteiger partial charge on any atom is -0.756 e. The van der Waals surface area contributed by atoms with E-state index in [2.05, 4.69) is 67.8 Å². The molecule has 86 heavy (non-hydrogen) atoms. The number of phosphoric ester groups is 1. The fourth-order valence-electron chi connectivity index (χ4n) is 11.7. The standard InChI is InChI=1S/C77H149N2O6P/c1-6-8-10-12-14-16-18-20-22-24-26-28-30-32-34-35-36-37-38-39-40-41-42-43-45-47-49-51-53-55-57-59-61-63-65-67-69-71-77(81)78-75(74-85-86(82,83)84-73-72-79(3,4)5)76(80)70-68-66-64-62-60-58-56-54-52-50-48-46-44-33-31-29-27-25-23-21-19-17-15-13-11-9-7-2/h8,10,14,16,20,22,26,28,75-76,80H,6-7,9,11-13,15,17-19,21,23-25,27,29-74H2,1-5H3,(H-,78,81,82,83)/b10-8-,16-14-,22-20-,28-26-. The maximum Gasteiger partial charge on any atom is 0.268 e. The van der Waals surface area contributed by atoms with Crippen molar-refractivity contribution in [1.29, 1.82) is 0 Å². The van der Waals surface area contributed by atoms with Gasteiger partial charge < -0.3 is 28.8 Å². The number of amides is 1. The SMILES string of the molecule is CC/C=C\C/C=C\C/C=C\C/C=C\CCCCCCCCCCCCCCCCCCCCCCCCCCC(=O)NC(COP(=O)([O-])OCC[N+](C)(C)C)C(O)CCCCCCCCCCCCCCCCCCCCCCCCCCCCC. The first-order valence-corrected chi connectivity index (χ1v) is 39.4. The summed E-state index contributed by atoms with van der Waals surface area (Å²) >= 11 is 0. The third-order valence-electron chi connectivity index (χ3n) is 17.6. The molecule has 0 saturated heterocycles. The van der Waals surface area contributed by atoms with Crippen LogP contribution < -0.4 is 10.2 Å². The lowest BCUT2D eigenvalue weighted by Gasteiger charge is -2.30. The molecule has 8 nitrogen and oxygen atoms in total. The third-order valence-corrected chi connectivity index (χ3v) is 18.5. The summed E-state index contributed by atoms with van der Waals surface area (Å²) in [4.78, 5) is 25.7. The number of hydrogen-bond donors (Lipinski definition) is 2. The van der Waals surface area contributed by atoms with Crippen molar-refractivity contribution in [2.45, 2.75) is 398 Å². The van der Waals surface area contributed by atoms with E-state index in [0.29, 0.717) is 23.9 Å². The Morgan fingerprint density at radius 1 is 0.419 bits per heavy atom. The molecule has 0 aromatic heterocycles. The lowest BCUT2D eigenvalue weighted by Crippen LogP contribution is -2.46. The smallest absolute Gasteiger partial charge is 0.268 e. The molecule has 0 aliphatic heterocycles. The van der Waals surface area contributed by atoms with Crippen LogP contribution in [-0.4, -0.2) is 68.5 Å². The van der Waals surface area contributed by atoms with Crippen molar-refractivity contribution >= 4 is 13.7 Å². The van der Waals surface area contributed by atoms with E-state index in [1.807, 2.05) is 21.1 Å². The van der Waals surface area contributed by atoms with Crippen molar-refractivity contribution in [2.24, 2.45) is 0 Å². The van der Waals surface area contributed by atoms with Crippen LogP contribution in [0.25, 0.3) is 0 Å². The second-order valence-electron chi connectivity index (χ2n) is 27.3. The Morgan fingerprint density at radius 2 is 0.709 bits per heavy atom. The van der Waals surface area contributed by atoms with Crippen LogP contribution >= 0.6 is 7.82 Å². The molecule has 0 spiro atoms. The van der Waals surface area contributed by atoms with E-state index in [9.17, 15) is 19.4 Å². The molecule has 0 heterocycles. The highest BCUT2D eigenvalue weighted by molar-refractivity contribution is 7.45. The van der Waals surface area contributed by atoms with Crippen molar-refractivity contribution < 1.29 is 32.9 Å². The first-order chi connectivity index (χ1) is 42.0. The molecule has 0 radical (unpaired) electrons. The maximum absolute atomic E-state index is 13.1. The lowest BCUT2D eigenvalue weighted by molar-refractivity contribution is -0.870. The van der Waals surface area contributed by atoms with Gasteiger partial charge in [0.2, 0.25) is 5.91 Å². The molecule has 508 valence electrons. The van der Waals surface area contributed by atoms with Gasteiger partial charge in [-0.1, -0.05) is 377 Å². The highest BCUT2D eigenvalue weighted by atomic mass is 31.2. The number of rotatable bonds is 71. The number of aliphatic hydroxyl groups excluding tert-OH is 1. The van der Waals surface area contributed by atoms with Gasteiger partial charge in [-0.2, -0.15) is 0 Å².